The molecule has 3 rings (SSSR count). The van der Waals surface area contributed by atoms with Crippen LogP contribution in [0.15, 0.2) is 45.7 Å². The molecule has 1 aromatic carbocycles. The number of rotatable bonds is 10. The van der Waals surface area contributed by atoms with E-state index in [1.54, 1.807) is 36.4 Å². The highest BCUT2D eigenvalue weighted by Crippen LogP contribution is 2.33. The number of thioether (sulfide) groups is 1. The molecule has 0 aliphatic carbocycles. The van der Waals surface area contributed by atoms with Gasteiger partial charge in [0.2, 0.25) is 0 Å². The molecule has 9 heteroatoms. The van der Waals surface area contributed by atoms with Crippen molar-refractivity contribution >= 4 is 40.9 Å². The molecular formula is C25H27NO7S. The van der Waals surface area contributed by atoms with Crippen LogP contribution in [-0.2, 0) is 19.1 Å². The molecule has 1 aliphatic heterocycles. The second-order valence-corrected chi connectivity index (χ2v) is 9.11. The first kappa shape index (κ1) is 25.3. The molecule has 180 valence electrons. The van der Waals surface area contributed by atoms with Crippen molar-refractivity contribution in [1.29, 1.82) is 0 Å². The van der Waals surface area contributed by atoms with E-state index in [9.17, 15) is 19.2 Å². The standard InChI is InChI=1S/C25H27NO7S/c1-4-5-12-31-24(29)18-8-6-17(7-9-18)20-11-10-19(33-20)13-21-23(28)26(25(30)34-21)14-22(27)32-15-16(2)3/h6-11,13,16H,4-5,12,14-15H2,1-3H3/b21-13+. The summed E-state index contributed by atoms with van der Waals surface area (Å²) in [5, 5.41) is -0.536. The number of esters is 2. The maximum atomic E-state index is 12.6. The summed E-state index contributed by atoms with van der Waals surface area (Å²) in [6.45, 7) is 6.00. The van der Waals surface area contributed by atoms with Gasteiger partial charge in [-0.2, -0.15) is 0 Å². The second-order valence-electron chi connectivity index (χ2n) is 8.11. The molecule has 0 radical (unpaired) electrons. The second kappa shape index (κ2) is 11.7. The fraction of sp³-hybridized carbons (Fsp3) is 0.360. The lowest BCUT2D eigenvalue weighted by Crippen LogP contribution is -2.34. The van der Waals surface area contributed by atoms with E-state index in [0.717, 1.165) is 35.1 Å². The van der Waals surface area contributed by atoms with E-state index in [4.69, 9.17) is 13.9 Å². The monoisotopic (exact) mass is 485 g/mol. The Kier molecular flexibility index (Phi) is 8.70. The van der Waals surface area contributed by atoms with Crippen LogP contribution < -0.4 is 0 Å². The predicted molar refractivity (Wildman–Crippen MR) is 128 cm³/mol. The topological polar surface area (TPSA) is 103 Å². The van der Waals surface area contributed by atoms with Gasteiger partial charge in [0, 0.05) is 11.6 Å². The number of unbranched alkanes of at least 4 members (excludes halogenated alkanes) is 1. The zero-order valence-electron chi connectivity index (χ0n) is 19.4. The minimum absolute atomic E-state index is 0.155. The van der Waals surface area contributed by atoms with Crippen molar-refractivity contribution in [2.24, 2.45) is 5.92 Å². The molecule has 0 atom stereocenters. The van der Waals surface area contributed by atoms with Crippen molar-refractivity contribution < 1.29 is 33.1 Å². The number of ether oxygens (including phenoxy) is 2. The quantitative estimate of drug-likeness (QED) is 0.259. The Hall–Kier alpha value is -3.33. The van der Waals surface area contributed by atoms with Crippen molar-refractivity contribution in [3.05, 3.63) is 52.6 Å². The molecule has 34 heavy (non-hydrogen) atoms. The minimum atomic E-state index is -0.629. The summed E-state index contributed by atoms with van der Waals surface area (Å²) in [6, 6.07) is 10.2. The van der Waals surface area contributed by atoms with Crippen molar-refractivity contribution in [3.8, 4) is 11.3 Å². The van der Waals surface area contributed by atoms with Crippen molar-refractivity contribution in [2.45, 2.75) is 33.6 Å². The van der Waals surface area contributed by atoms with Gasteiger partial charge in [-0.1, -0.05) is 39.3 Å². The number of imide groups is 1. The molecule has 0 unspecified atom stereocenters. The summed E-state index contributed by atoms with van der Waals surface area (Å²) < 4.78 is 16.1. The minimum Gasteiger partial charge on any atom is -0.464 e. The summed E-state index contributed by atoms with van der Waals surface area (Å²) in [7, 11) is 0. The number of furan rings is 1. The molecule has 2 aromatic rings. The highest BCUT2D eigenvalue weighted by atomic mass is 32.2. The first-order valence-corrected chi connectivity index (χ1v) is 11.9. The highest BCUT2D eigenvalue weighted by molar-refractivity contribution is 8.18. The molecule has 2 amide bonds. The van der Waals surface area contributed by atoms with Gasteiger partial charge in [0.25, 0.3) is 11.1 Å². The van der Waals surface area contributed by atoms with E-state index in [-0.39, 0.29) is 23.4 Å². The lowest BCUT2D eigenvalue weighted by molar-refractivity contribution is -0.147. The first-order valence-electron chi connectivity index (χ1n) is 11.1. The van der Waals surface area contributed by atoms with E-state index < -0.39 is 23.7 Å². The molecule has 8 nitrogen and oxygen atoms in total. The zero-order chi connectivity index (χ0) is 24.7. The van der Waals surface area contributed by atoms with Crippen LogP contribution in [0.1, 0.15) is 49.7 Å². The largest absolute Gasteiger partial charge is 0.464 e. The van der Waals surface area contributed by atoms with Crippen LogP contribution in [0.4, 0.5) is 4.79 Å². The summed E-state index contributed by atoms with van der Waals surface area (Å²) >= 11 is 0.741. The van der Waals surface area contributed by atoms with Gasteiger partial charge in [-0.25, -0.2) is 4.79 Å². The van der Waals surface area contributed by atoms with Crippen LogP contribution in [0.5, 0.6) is 0 Å². The smallest absolute Gasteiger partial charge is 0.338 e. The number of carbonyl (C=O) groups is 4. The third-order valence-corrected chi connectivity index (χ3v) is 5.68. The number of benzene rings is 1. The number of hydrogen-bond donors (Lipinski definition) is 0. The molecule has 1 fully saturated rings. The lowest BCUT2D eigenvalue weighted by atomic mass is 10.1. The molecule has 2 heterocycles. The molecular weight excluding hydrogens is 458 g/mol. The van der Waals surface area contributed by atoms with Crippen LogP contribution >= 0.6 is 11.8 Å². The Morgan fingerprint density at radius 3 is 2.50 bits per heavy atom. The van der Waals surface area contributed by atoms with Gasteiger partial charge in [0.1, 0.15) is 18.1 Å². The maximum Gasteiger partial charge on any atom is 0.338 e. The molecule has 1 aliphatic rings. The lowest BCUT2D eigenvalue weighted by Gasteiger charge is -2.12. The van der Waals surface area contributed by atoms with Gasteiger partial charge in [-0.05, 0) is 48.4 Å². The normalized spacial score (nSPS) is 14.8. The van der Waals surface area contributed by atoms with Crippen molar-refractivity contribution in [3.63, 3.8) is 0 Å². The third kappa shape index (κ3) is 6.60. The molecule has 0 spiro atoms. The Labute approximate surface area is 202 Å². The zero-order valence-corrected chi connectivity index (χ0v) is 20.2. The molecule has 1 saturated heterocycles. The average Bonchev–Trinajstić information content (AvgIpc) is 3.38. The molecule has 0 bridgehead atoms. The number of hydrogen-bond acceptors (Lipinski definition) is 8. The van der Waals surface area contributed by atoms with Crippen LogP contribution in [0.25, 0.3) is 17.4 Å². The molecule has 0 saturated carbocycles. The number of amides is 2. The SMILES string of the molecule is CCCCOC(=O)c1ccc(-c2ccc(/C=C3/SC(=O)N(CC(=O)OCC(C)C)C3=O)o2)cc1. The van der Waals surface area contributed by atoms with E-state index >= 15 is 0 Å². The van der Waals surface area contributed by atoms with Crippen LogP contribution in [0.3, 0.4) is 0 Å². The van der Waals surface area contributed by atoms with E-state index in [1.165, 1.54) is 6.08 Å². The maximum absolute atomic E-state index is 12.6. The Bertz CT molecular complexity index is 1080. The van der Waals surface area contributed by atoms with Crippen LogP contribution in [-0.4, -0.2) is 47.7 Å². The van der Waals surface area contributed by atoms with Gasteiger partial charge in [-0.15, -0.1) is 0 Å². The van der Waals surface area contributed by atoms with E-state index in [0.29, 0.717) is 23.7 Å². The summed E-state index contributed by atoms with van der Waals surface area (Å²) in [5.41, 5.74) is 1.19. The Morgan fingerprint density at radius 2 is 1.82 bits per heavy atom. The molecule has 0 N–H and O–H groups in total. The fourth-order valence-electron chi connectivity index (χ4n) is 2.95. The summed E-state index contributed by atoms with van der Waals surface area (Å²) in [6.07, 6.45) is 3.23. The molecule has 1 aromatic heterocycles. The predicted octanol–water partition coefficient (Wildman–Crippen LogP) is 5.14. The third-order valence-electron chi connectivity index (χ3n) is 4.77. The van der Waals surface area contributed by atoms with Crippen LogP contribution in [0.2, 0.25) is 0 Å². The van der Waals surface area contributed by atoms with Gasteiger partial charge in [0.05, 0.1) is 23.7 Å². The van der Waals surface area contributed by atoms with Crippen LogP contribution in [0, 0.1) is 5.92 Å². The van der Waals surface area contributed by atoms with Gasteiger partial charge in [-0.3, -0.25) is 19.3 Å². The summed E-state index contributed by atoms with van der Waals surface area (Å²) in [5.74, 6) is -0.498. The van der Waals surface area contributed by atoms with Gasteiger partial charge in [0.15, 0.2) is 0 Å². The number of nitrogens with zero attached hydrogens (tertiary/aromatic N) is 1. The Balaban J connectivity index is 1.64. The van der Waals surface area contributed by atoms with Gasteiger partial charge < -0.3 is 13.9 Å². The Morgan fingerprint density at radius 1 is 1.09 bits per heavy atom. The first-order chi connectivity index (χ1) is 16.3. The van der Waals surface area contributed by atoms with Crippen molar-refractivity contribution in [1.82, 2.24) is 4.90 Å². The van der Waals surface area contributed by atoms with Gasteiger partial charge >= 0.3 is 11.9 Å². The van der Waals surface area contributed by atoms with E-state index in [2.05, 4.69) is 0 Å². The average molecular weight is 486 g/mol. The van der Waals surface area contributed by atoms with E-state index in [1.807, 2.05) is 20.8 Å². The van der Waals surface area contributed by atoms with Crippen molar-refractivity contribution in [2.75, 3.05) is 19.8 Å². The number of carbonyl (C=O) groups excluding carboxylic acids is 4. The summed E-state index contributed by atoms with van der Waals surface area (Å²) in [4.78, 5) is 49.8. The highest BCUT2D eigenvalue weighted by Gasteiger charge is 2.37. The fourth-order valence-corrected chi connectivity index (χ4v) is 3.77.